The van der Waals surface area contributed by atoms with Crippen molar-refractivity contribution in [2.45, 2.75) is 30.1 Å². The van der Waals surface area contributed by atoms with E-state index < -0.39 is 12.1 Å². The van der Waals surface area contributed by atoms with Gasteiger partial charge in [0.1, 0.15) is 0 Å². The van der Waals surface area contributed by atoms with Gasteiger partial charge in [0.25, 0.3) is 5.91 Å². The van der Waals surface area contributed by atoms with E-state index in [1.807, 2.05) is 47.8 Å². The fourth-order valence-electron chi connectivity index (χ4n) is 2.90. The molecule has 1 amide bonds. The molecular weight excluding hydrogens is 346 g/mol. The maximum Gasteiger partial charge on any atom is 0.334 e. The van der Waals surface area contributed by atoms with Gasteiger partial charge in [0.15, 0.2) is 6.10 Å². The molecule has 0 aromatic heterocycles. The second-order valence-electron chi connectivity index (χ2n) is 6.03. The van der Waals surface area contributed by atoms with Gasteiger partial charge in [0.05, 0.1) is 17.2 Å². The van der Waals surface area contributed by atoms with Gasteiger partial charge in [-0.3, -0.25) is 4.79 Å². The third-order valence-electron chi connectivity index (χ3n) is 4.08. The second kappa shape index (κ2) is 7.80. The number of carbonyl (C=O) groups is 2. The predicted octanol–water partition coefficient (Wildman–Crippen LogP) is 2.87. The lowest BCUT2D eigenvalue weighted by molar-refractivity contribution is -0.160. The van der Waals surface area contributed by atoms with Crippen molar-refractivity contribution in [1.29, 1.82) is 0 Å². The number of hydrogen-bond acceptors (Lipinski definition) is 5. The smallest absolute Gasteiger partial charge is 0.334 e. The summed E-state index contributed by atoms with van der Waals surface area (Å²) >= 11 is 3.90. The number of morpholine rings is 1. The van der Waals surface area contributed by atoms with E-state index in [0.717, 1.165) is 0 Å². The zero-order chi connectivity index (χ0) is 17.1. The Morgan fingerprint density at radius 2 is 1.83 bits per heavy atom. The highest BCUT2D eigenvalue weighted by Crippen LogP contribution is 2.43. The largest absolute Gasteiger partial charge is 0.479 e. The lowest BCUT2D eigenvalue weighted by Gasteiger charge is -2.35. The van der Waals surface area contributed by atoms with E-state index in [0.29, 0.717) is 16.7 Å². The van der Waals surface area contributed by atoms with Crippen molar-refractivity contribution >= 4 is 35.4 Å². The van der Waals surface area contributed by atoms with Gasteiger partial charge in [-0.2, -0.15) is 0 Å². The molecule has 1 unspecified atom stereocenters. The van der Waals surface area contributed by atoms with Crippen LogP contribution in [-0.4, -0.2) is 58.7 Å². The molecule has 2 atom stereocenters. The van der Waals surface area contributed by atoms with Crippen LogP contribution in [0.5, 0.6) is 0 Å². The van der Waals surface area contributed by atoms with E-state index in [1.165, 1.54) is 23.5 Å². The average Bonchev–Trinajstić information content (AvgIpc) is 2.61. The summed E-state index contributed by atoms with van der Waals surface area (Å²) in [5, 5.41) is 9.14. The van der Waals surface area contributed by atoms with Crippen molar-refractivity contribution in [1.82, 2.24) is 4.90 Å². The number of ether oxygens (including phenoxy) is 1. The van der Waals surface area contributed by atoms with Crippen molar-refractivity contribution < 1.29 is 19.4 Å². The molecule has 0 saturated carbocycles. The summed E-state index contributed by atoms with van der Waals surface area (Å²) in [4.78, 5) is 25.4. The highest BCUT2D eigenvalue weighted by Gasteiger charge is 2.33. The van der Waals surface area contributed by atoms with Crippen molar-refractivity contribution in [3.63, 3.8) is 0 Å². The number of amides is 1. The maximum atomic E-state index is 12.7. The van der Waals surface area contributed by atoms with Crippen molar-refractivity contribution in [3.05, 3.63) is 35.4 Å². The van der Waals surface area contributed by atoms with Crippen molar-refractivity contribution in [2.24, 2.45) is 0 Å². The molecular formula is C17H21NO4S2. The lowest BCUT2D eigenvalue weighted by Crippen LogP contribution is -2.51. The highest BCUT2D eigenvalue weighted by atomic mass is 32.2. The third-order valence-corrected chi connectivity index (χ3v) is 7.09. The number of nitrogens with zero attached hydrogens (tertiary/aromatic N) is 1. The van der Waals surface area contributed by atoms with Gasteiger partial charge in [0.2, 0.25) is 0 Å². The van der Waals surface area contributed by atoms with Crippen LogP contribution in [0.4, 0.5) is 0 Å². The van der Waals surface area contributed by atoms with Gasteiger partial charge in [-0.05, 0) is 42.5 Å². The topological polar surface area (TPSA) is 66.8 Å². The fraction of sp³-hybridized carbons (Fsp3) is 0.529. The van der Waals surface area contributed by atoms with E-state index in [-0.39, 0.29) is 18.6 Å². The lowest BCUT2D eigenvalue weighted by atomic mass is 10.1. The quantitative estimate of drug-likeness (QED) is 0.886. The van der Waals surface area contributed by atoms with E-state index in [1.54, 1.807) is 11.8 Å². The first-order chi connectivity index (χ1) is 11.5. The predicted molar refractivity (Wildman–Crippen MR) is 96.6 cm³/mol. The second-order valence-corrected chi connectivity index (χ2v) is 8.76. The first-order valence-electron chi connectivity index (χ1n) is 8.05. The number of benzene rings is 1. The van der Waals surface area contributed by atoms with Gasteiger partial charge >= 0.3 is 5.97 Å². The van der Waals surface area contributed by atoms with Gasteiger partial charge < -0.3 is 14.7 Å². The molecule has 130 valence electrons. The van der Waals surface area contributed by atoms with E-state index in [2.05, 4.69) is 0 Å². The maximum absolute atomic E-state index is 12.7. The highest BCUT2D eigenvalue weighted by molar-refractivity contribution is 8.16. The number of carbonyl (C=O) groups excluding carboxylic acids is 1. The molecule has 7 heteroatoms. The molecule has 5 nitrogen and oxygen atoms in total. The van der Waals surface area contributed by atoms with Crippen LogP contribution in [0.3, 0.4) is 0 Å². The Morgan fingerprint density at radius 1 is 1.17 bits per heavy atom. The van der Waals surface area contributed by atoms with E-state index >= 15 is 0 Å². The standard InChI is InChI=1S/C17H21NO4S2/c1-11-9-18(10-14(22-11)16(20)21)15(19)12-3-5-13(6-4-12)17-23-7-2-8-24-17/h3-6,11,14,17H,2,7-10H2,1H3,(H,20,21)/t11-,14?/m1/s1. The van der Waals surface area contributed by atoms with Crippen molar-refractivity contribution in [3.8, 4) is 0 Å². The first-order valence-corrected chi connectivity index (χ1v) is 10.1. The van der Waals surface area contributed by atoms with Crippen LogP contribution in [0.15, 0.2) is 24.3 Å². The van der Waals surface area contributed by atoms with Crippen LogP contribution in [0.25, 0.3) is 0 Å². The Balaban J connectivity index is 1.69. The molecule has 2 aliphatic rings. The van der Waals surface area contributed by atoms with Gasteiger partial charge in [-0.15, -0.1) is 23.5 Å². The number of carboxylic acids is 1. The van der Waals surface area contributed by atoms with Gasteiger partial charge in [-0.1, -0.05) is 12.1 Å². The Labute approximate surface area is 150 Å². The van der Waals surface area contributed by atoms with Crippen molar-refractivity contribution in [2.75, 3.05) is 24.6 Å². The molecule has 1 N–H and O–H groups in total. The number of thioether (sulfide) groups is 2. The fourth-order valence-corrected chi connectivity index (χ4v) is 5.79. The van der Waals surface area contributed by atoms with Crippen LogP contribution >= 0.6 is 23.5 Å². The summed E-state index contributed by atoms with van der Waals surface area (Å²) in [6.07, 6.45) is 0.0210. The molecule has 24 heavy (non-hydrogen) atoms. The summed E-state index contributed by atoms with van der Waals surface area (Å²) in [6.45, 7) is 2.29. The minimum Gasteiger partial charge on any atom is -0.479 e. The number of aliphatic carboxylic acids is 1. The Kier molecular flexibility index (Phi) is 5.73. The van der Waals surface area contributed by atoms with Crippen LogP contribution in [0.1, 0.15) is 33.8 Å². The molecule has 0 aliphatic carbocycles. The number of rotatable bonds is 3. The summed E-state index contributed by atoms with van der Waals surface area (Å²) in [5.41, 5.74) is 1.84. The Morgan fingerprint density at radius 3 is 2.46 bits per heavy atom. The Bertz CT molecular complexity index is 601. The van der Waals surface area contributed by atoms with Crippen LogP contribution in [0, 0.1) is 0 Å². The average molecular weight is 367 g/mol. The zero-order valence-corrected chi connectivity index (χ0v) is 15.1. The van der Waals surface area contributed by atoms with E-state index in [4.69, 9.17) is 9.84 Å². The molecule has 1 aromatic rings. The van der Waals surface area contributed by atoms with Gasteiger partial charge in [0, 0.05) is 12.1 Å². The van der Waals surface area contributed by atoms with Gasteiger partial charge in [-0.25, -0.2) is 4.79 Å². The zero-order valence-electron chi connectivity index (χ0n) is 13.5. The van der Waals surface area contributed by atoms with E-state index in [9.17, 15) is 9.59 Å². The third kappa shape index (κ3) is 4.07. The molecule has 1 aromatic carbocycles. The molecule has 0 bridgehead atoms. The summed E-state index contributed by atoms with van der Waals surface area (Å²) in [7, 11) is 0. The molecule has 3 rings (SSSR count). The van der Waals surface area contributed by atoms with Crippen LogP contribution < -0.4 is 0 Å². The summed E-state index contributed by atoms with van der Waals surface area (Å²) in [6, 6.07) is 7.73. The molecule has 2 saturated heterocycles. The first kappa shape index (κ1) is 17.6. The minimum atomic E-state index is -1.03. The molecule has 0 radical (unpaired) electrons. The SMILES string of the molecule is C[C@@H]1CN(C(=O)c2ccc(C3SCCCS3)cc2)CC(C(=O)O)O1. The van der Waals surface area contributed by atoms with Crippen LogP contribution in [-0.2, 0) is 9.53 Å². The van der Waals surface area contributed by atoms with Crippen LogP contribution in [0.2, 0.25) is 0 Å². The summed E-state index contributed by atoms with van der Waals surface area (Å²) in [5.74, 6) is 1.20. The molecule has 2 heterocycles. The number of carboxylic acid groups (broad SMARTS) is 1. The molecule has 0 spiro atoms. The molecule has 2 fully saturated rings. The number of hydrogen-bond donors (Lipinski definition) is 1. The monoisotopic (exact) mass is 367 g/mol. The molecule has 2 aliphatic heterocycles. The Hall–Kier alpha value is -1.18. The minimum absolute atomic E-state index is 0.0919. The summed E-state index contributed by atoms with van der Waals surface area (Å²) < 4.78 is 5.81. The normalized spacial score (nSPS) is 25.5.